The highest BCUT2D eigenvalue weighted by Gasteiger charge is 2.23. The van der Waals surface area contributed by atoms with Crippen LogP contribution in [0.2, 0.25) is 0 Å². The molecule has 0 aliphatic carbocycles. The number of hydrogen-bond donors (Lipinski definition) is 2. The van der Waals surface area contributed by atoms with Crippen molar-refractivity contribution in [1.82, 2.24) is 0 Å². The maximum absolute atomic E-state index is 10.4. The molecule has 0 radical (unpaired) electrons. The monoisotopic (exact) mass is 142 g/mol. The molecule has 0 aromatic carbocycles. The number of carboxylic acids is 1. The third kappa shape index (κ3) is 1.26. The first kappa shape index (κ1) is 7.05. The van der Waals surface area contributed by atoms with Crippen molar-refractivity contribution in [3.63, 3.8) is 0 Å². The van der Waals surface area contributed by atoms with Crippen molar-refractivity contribution in [2.24, 2.45) is 16.6 Å². The lowest BCUT2D eigenvalue weighted by Gasteiger charge is -2.15. The van der Waals surface area contributed by atoms with E-state index in [1.165, 1.54) is 0 Å². The van der Waals surface area contributed by atoms with Gasteiger partial charge in [-0.25, -0.2) is 0 Å². The first-order valence-electron chi connectivity index (χ1n) is 3.24. The largest absolute Gasteiger partial charge is 0.481 e. The highest BCUT2D eigenvalue weighted by Crippen LogP contribution is 2.11. The van der Waals surface area contributed by atoms with Crippen LogP contribution >= 0.6 is 0 Å². The predicted molar refractivity (Wildman–Crippen MR) is 36.8 cm³/mol. The highest BCUT2D eigenvalue weighted by atomic mass is 16.4. The van der Waals surface area contributed by atoms with Crippen LogP contribution in [0.3, 0.4) is 0 Å². The van der Waals surface area contributed by atoms with E-state index >= 15 is 0 Å². The minimum atomic E-state index is -0.860. The smallest absolute Gasteiger partial charge is 0.314 e. The molecule has 4 heteroatoms. The quantitative estimate of drug-likeness (QED) is 0.534. The second-order valence-electron chi connectivity index (χ2n) is 2.34. The second-order valence-corrected chi connectivity index (χ2v) is 2.34. The SMILES string of the molecule is NC1=NCCC[C@H]1C(=O)O. The fourth-order valence-electron chi connectivity index (χ4n) is 1.01. The lowest BCUT2D eigenvalue weighted by molar-refractivity contribution is -0.139. The molecule has 0 fully saturated rings. The summed E-state index contributed by atoms with van der Waals surface area (Å²) in [5.74, 6) is -1.12. The molecule has 0 amide bonds. The van der Waals surface area contributed by atoms with Crippen LogP contribution < -0.4 is 5.73 Å². The van der Waals surface area contributed by atoms with Crippen molar-refractivity contribution >= 4 is 11.8 Å². The summed E-state index contributed by atoms with van der Waals surface area (Å²) in [5, 5.41) is 8.55. The molecule has 1 heterocycles. The molecule has 1 rings (SSSR count). The van der Waals surface area contributed by atoms with E-state index in [2.05, 4.69) is 4.99 Å². The van der Waals surface area contributed by atoms with Gasteiger partial charge in [-0.3, -0.25) is 9.79 Å². The van der Waals surface area contributed by atoms with Crippen molar-refractivity contribution in [3.05, 3.63) is 0 Å². The molecule has 0 saturated carbocycles. The topological polar surface area (TPSA) is 75.7 Å². The van der Waals surface area contributed by atoms with Gasteiger partial charge in [0.25, 0.3) is 0 Å². The van der Waals surface area contributed by atoms with Crippen molar-refractivity contribution < 1.29 is 9.90 Å². The maximum Gasteiger partial charge on any atom is 0.314 e. The van der Waals surface area contributed by atoms with Gasteiger partial charge in [0.05, 0.1) is 0 Å². The van der Waals surface area contributed by atoms with E-state index in [1.807, 2.05) is 0 Å². The number of aliphatic carboxylic acids is 1. The third-order valence-electron chi connectivity index (χ3n) is 1.60. The Kier molecular flexibility index (Phi) is 1.89. The third-order valence-corrected chi connectivity index (χ3v) is 1.60. The summed E-state index contributed by atoms with van der Waals surface area (Å²) in [4.78, 5) is 14.3. The van der Waals surface area contributed by atoms with Crippen LogP contribution in [0.1, 0.15) is 12.8 Å². The molecule has 4 nitrogen and oxygen atoms in total. The summed E-state index contributed by atoms with van der Waals surface area (Å²) >= 11 is 0. The zero-order valence-electron chi connectivity index (χ0n) is 5.58. The summed E-state index contributed by atoms with van der Waals surface area (Å²) < 4.78 is 0. The summed E-state index contributed by atoms with van der Waals surface area (Å²) in [6.07, 6.45) is 1.46. The van der Waals surface area contributed by atoms with Gasteiger partial charge in [0, 0.05) is 6.54 Å². The molecule has 10 heavy (non-hydrogen) atoms. The molecule has 1 aliphatic rings. The van der Waals surface area contributed by atoms with E-state index in [4.69, 9.17) is 10.8 Å². The van der Waals surface area contributed by atoms with E-state index in [0.717, 1.165) is 6.42 Å². The van der Waals surface area contributed by atoms with Crippen LogP contribution in [0.15, 0.2) is 4.99 Å². The molecule has 0 saturated heterocycles. The number of aliphatic imine (C=N–C) groups is 1. The standard InChI is InChI=1S/C6H10N2O2/c7-5-4(6(9)10)2-1-3-8-5/h4H,1-3H2,(H2,7,8)(H,9,10)/t4-/m1/s1. The van der Waals surface area contributed by atoms with Crippen molar-refractivity contribution in [1.29, 1.82) is 0 Å². The Hall–Kier alpha value is -1.06. The van der Waals surface area contributed by atoms with Crippen LogP contribution in [-0.2, 0) is 4.79 Å². The van der Waals surface area contributed by atoms with Crippen molar-refractivity contribution in [3.8, 4) is 0 Å². The van der Waals surface area contributed by atoms with Crippen LogP contribution in [0.25, 0.3) is 0 Å². The molecule has 0 aromatic rings. The fraction of sp³-hybridized carbons (Fsp3) is 0.667. The summed E-state index contributed by atoms with van der Waals surface area (Å²) in [5.41, 5.74) is 5.35. The number of rotatable bonds is 1. The number of carboxylic acid groups (broad SMARTS) is 1. The first-order chi connectivity index (χ1) is 4.72. The molecule has 0 bridgehead atoms. The van der Waals surface area contributed by atoms with Gasteiger partial charge in [0.15, 0.2) is 0 Å². The molecule has 56 valence electrons. The average Bonchev–Trinajstić information content (AvgIpc) is 1.88. The van der Waals surface area contributed by atoms with E-state index in [9.17, 15) is 4.79 Å². The molecule has 3 N–H and O–H groups in total. The summed E-state index contributed by atoms with van der Waals surface area (Å²) in [6, 6.07) is 0. The molecule has 1 atom stereocenters. The van der Waals surface area contributed by atoms with E-state index in [-0.39, 0.29) is 5.84 Å². The van der Waals surface area contributed by atoms with Crippen LogP contribution in [0.5, 0.6) is 0 Å². The van der Waals surface area contributed by atoms with Gasteiger partial charge in [0.2, 0.25) is 0 Å². The van der Waals surface area contributed by atoms with Gasteiger partial charge < -0.3 is 10.8 Å². The number of hydrogen-bond acceptors (Lipinski definition) is 3. The number of nitrogens with zero attached hydrogens (tertiary/aromatic N) is 1. The van der Waals surface area contributed by atoms with E-state index < -0.39 is 11.9 Å². The van der Waals surface area contributed by atoms with Crippen LogP contribution in [-0.4, -0.2) is 23.5 Å². The van der Waals surface area contributed by atoms with E-state index in [1.54, 1.807) is 0 Å². The van der Waals surface area contributed by atoms with Crippen molar-refractivity contribution in [2.45, 2.75) is 12.8 Å². The minimum Gasteiger partial charge on any atom is -0.481 e. The Morgan fingerprint density at radius 1 is 1.80 bits per heavy atom. The molecule has 0 spiro atoms. The molecular weight excluding hydrogens is 132 g/mol. The molecular formula is C6H10N2O2. The molecule has 1 aliphatic heterocycles. The average molecular weight is 142 g/mol. The Balaban J connectivity index is 2.67. The maximum atomic E-state index is 10.4. The van der Waals surface area contributed by atoms with Gasteiger partial charge >= 0.3 is 5.97 Å². The van der Waals surface area contributed by atoms with Gasteiger partial charge in [-0.2, -0.15) is 0 Å². The Labute approximate surface area is 58.7 Å². The molecule has 0 aromatic heterocycles. The fourth-order valence-corrected chi connectivity index (χ4v) is 1.01. The second kappa shape index (κ2) is 2.68. The van der Waals surface area contributed by atoms with Crippen LogP contribution in [0, 0.1) is 5.92 Å². The zero-order chi connectivity index (χ0) is 7.56. The summed E-state index contributed by atoms with van der Waals surface area (Å²) in [6.45, 7) is 0.676. The Bertz CT molecular complexity index is 177. The summed E-state index contributed by atoms with van der Waals surface area (Å²) in [7, 11) is 0. The van der Waals surface area contributed by atoms with Gasteiger partial charge in [-0.1, -0.05) is 0 Å². The lowest BCUT2D eigenvalue weighted by Crippen LogP contribution is -2.33. The van der Waals surface area contributed by atoms with E-state index in [0.29, 0.717) is 13.0 Å². The highest BCUT2D eigenvalue weighted by molar-refractivity contribution is 5.99. The first-order valence-corrected chi connectivity index (χ1v) is 3.24. The number of amidine groups is 1. The van der Waals surface area contributed by atoms with Gasteiger partial charge in [-0.05, 0) is 12.8 Å². The minimum absolute atomic E-state index is 0.277. The zero-order valence-corrected chi connectivity index (χ0v) is 5.58. The Morgan fingerprint density at radius 2 is 2.50 bits per heavy atom. The van der Waals surface area contributed by atoms with Gasteiger partial charge in [0.1, 0.15) is 11.8 Å². The number of nitrogens with two attached hydrogens (primary N) is 1. The lowest BCUT2D eigenvalue weighted by atomic mass is 10.00. The normalized spacial score (nSPS) is 25.6. The number of carbonyl (C=O) groups is 1. The van der Waals surface area contributed by atoms with Gasteiger partial charge in [-0.15, -0.1) is 0 Å². The van der Waals surface area contributed by atoms with Crippen molar-refractivity contribution in [2.75, 3.05) is 6.54 Å². The van der Waals surface area contributed by atoms with Crippen LogP contribution in [0.4, 0.5) is 0 Å². The predicted octanol–water partition coefficient (Wildman–Crippen LogP) is -0.162. The molecule has 0 unspecified atom stereocenters. The Morgan fingerprint density at radius 3 is 2.90 bits per heavy atom.